The molecule has 0 radical (unpaired) electrons. The Hall–Kier alpha value is -2.73. The molecule has 1 unspecified atom stereocenters. The van der Waals surface area contributed by atoms with Crippen LogP contribution in [-0.4, -0.2) is 49.9 Å². The van der Waals surface area contributed by atoms with E-state index in [4.69, 9.17) is 9.47 Å². The van der Waals surface area contributed by atoms with Gasteiger partial charge in [-0.25, -0.2) is 4.79 Å². The third-order valence-electron chi connectivity index (χ3n) is 5.20. The van der Waals surface area contributed by atoms with Gasteiger partial charge in [0.05, 0.1) is 26.3 Å². The maximum absolute atomic E-state index is 12.9. The highest BCUT2D eigenvalue weighted by Gasteiger charge is 2.24. The van der Waals surface area contributed by atoms with E-state index in [1.807, 2.05) is 48.2 Å². The largest absolute Gasteiger partial charge is 0.489 e. The lowest BCUT2D eigenvalue weighted by molar-refractivity contribution is 0.122. The maximum Gasteiger partial charge on any atom is 0.318 e. The number of fused-ring (bicyclic) bond motifs is 1. The first kappa shape index (κ1) is 18.6. The molecule has 1 atom stereocenters. The highest BCUT2D eigenvalue weighted by atomic mass is 16.5. The van der Waals surface area contributed by atoms with Crippen LogP contribution in [0.4, 0.5) is 10.5 Å². The third-order valence-corrected chi connectivity index (χ3v) is 5.20. The molecule has 2 aromatic carbocycles. The van der Waals surface area contributed by atoms with Crippen molar-refractivity contribution in [3.8, 4) is 5.75 Å². The summed E-state index contributed by atoms with van der Waals surface area (Å²) >= 11 is 0. The lowest BCUT2D eigenvalue weighted by Crippen LogP contribution is -2.42. The maximum atomic E-state index is 12.9. The number of carbonyl (C=O) groups is 1. The van der Waals surface area contributed by atoms with Gasteiger partial charge in [-0.05, 0) is 24.6 Å². The van der Waals surface area contributed by atoms with Crippen LogP contribution in [0.2, 0.25) is 0 Å². The van der Waals surface area contributed by atoms with E-state index in [0.29, 0.717) is 19.6 Å². The smallest absolute Gasteiger partial charge is 0.318 e. The first-order valence-corrected chi connectivity index (χ1v) is 9.88. The second-order valence-corrected chi connectivity index (χ2v) is 7.30. The molecule has 2 aliphatic heterocycles. The number of carbonyl (C=O) groups excluding carboxylic acids is 1. The Labute approximate surface area is 166 Å². The Balaban J connectivity index is 1.43. The molecule has 6 nitrogen and oxygen atoms in total. The fourth-order valence-corrected chi connectivity index (χ4v) is 3.79. The quantitative estimate of drug-likeness (QED) is 0.888. The van der Waals surface area contributed by atoms with Crippen molar-refractivity contribution in [2.75, 3.05) is 37.7 Å². The van der Waals surface area contributed by atoms with Gasteiger partial charge >= 0.3 is 6.03 Å². The lowest BCUT2D eigenvalue weighted by atomic mass is 10.1. The molecule has 1 N–H and O–H groups in total. The average Bonchev–Trinajstić information content (AvgIpc) is 2.91. The number of para-hydroxylation sites is 2. The summed E-state index contributed by atoms with van der Waals surface area (Å²) in [6.07, 6.45) is -0.0463. The third kappa shape index (κ3) is 4.22. The number of benzene rings is 2. The SMILES string of the molecule is CC1CN(C(=O)NCc2ccccc2N2CCOCC2)Cc2ccccc2O1. The fraction of sp³-hybridized carbons (Fsp3) is 0.409. The monoisotopic (exact) mass is 381 g/mol. The zero-order valence-corrected chi connectivity index (χ0v) is 16.3. The molecule has 0 aromatic heterocycles. The van der Waals surface area contributed by atoms with E-state index >= 15 is 0 Å². The molecular formula is C22H27N3O3. The number of morpholine rings is 1. The molecular weight excluding hydrogens is 354 g/mol. The number of ether oxygens (including phenoxy) is 2. The summed E-state index contributed by atoms with van der Waals surface area (Å²) in [5.41, 5.74) is 3.33. The first-order chi connectivity index (χ1) is 13.7. The topological polar surface area (TPSA) is 54.0 Å². The van der Waals surface area contributed by atoms with Gasteiger partial charge in [0.25, 0.3) is 0 Å². The van der Waals surface area contributed by atoms with E-state index in [0.717, 1.165) is 43.2 Å². The second-order valence-electron chi connectivity index (χ2n) is 7.30. The highest BCUT2D eigenvalue weighted by Crippen LogP contribution is 2.25. The van der Waals surface area contributed by atoms with Gasteiger partial charge in [-0.2, -0.15) is 0 Å². The van der Waals surface area contributed by atoms with E-state index in [1.165, 1.54) is 5.69 Å². The number of nitrogens with one attached hydrogen (secondary N) is 1. The van der Waals surface area contributed by atoms with Crippen molar-refractivity contribution in [2.45, 2.75) is 26.1 Å². The molecule has 0 aliphatic carbocycles. The van der Waals surface area contributed by atoms with Crippen LogP contribution in [0, 0.1) is 0 Å². The summed E-state index contributed by atoms with van der Waals surface area (Å²) in [6, 6.07) is 16.1. The molecule has 0 spiro atoms. The summed E-state index contributed by atoms with van der Waals surface area (Å²) < 4.78 is 11.4. The zero-order valence-electron chi connectivity index (χ0n) is 16.3. The van der Waals surface area contributed by atoms with Crippen molar-refractivity contribution in [1.29, 1.82) is 0 Å². The minimum atomic E-state index is -0.0658. The van der Waals surface area contributed by atoms with Crippen LogP contribution in [0.5, 0.6) is 5.75 Å². The normalized spacial score (nSPS) is 19.4. The van der Waals surface area contributed by atoms with Gasteiger partial charge in [0, 0.05) is 30.9 Å². The van der Waals surface area contributed by atoms with E-state index in [1.54, 1.807) is 0 Å². The van der Waals surface area contributed by atoms with Gasteiger partial charge < -0.3 is 24.6 Å². The van der Waals surface area contributed by atoms with Crippen molar-refractivity contribution in [3.63, 3.8) is 0 Å². The fourth-order valence-electron chi connectivity index (χ4n) is 3.79. The van der Waals surface area contributed by atoms with Crippen LogP contribution < -0.4 is 15.0 Å². The average molecular weight is 381 g/mol. The highest BCUT2D eigenvalue weighted by molar-refractivity contribution is 5.75. The van der Waals surface area contributed by atoms with Crippen LogP contribution in [0.25, 0.3) is 0 Å². The van der Waals surface area contributed by atoms with Crippen molar-refractivity contribution < 1.29 is 14.3 Å². The van der Waals surface area contributed by atoms with E-state index in [-0.39, 0.29) is 12.1 Å². The predicted molar refractivity (Wildman–Crippen MR) is 109 cm³/mol. The molecule has 2 aliphatic rings. The Morgan fingerprint density at radius 1 is 1.11 bits per heavy atom. The van der Waals surface area contributed by atoms with Crippen LogP contribution >= 0.6 is 0 Å². The molecule has 1 fully saturated rings. The molecule has 148 valence electrons. The van der Waals surface area contributed by atoms with Crippen molar-refractivity contribution >= 4 is 11.7 Å². The summed E-state index contributed by atoms with van der Waals surface area (Å²) in [6.45, 7) is 6.85. The van der Waals surface area contributed by atoms with E-state index in [2.05, 4.69) is 22.3 Å². The van der Waals surface area contributed by atoms with Crippen molar-refractivity contribution in [1.82, 2.24) is 10.2 Å². The van der Waals surface area contributed by atoms with Crippen LogP contribution in [0.15, 0.2) is 48.5 Å². The predicted octanol–water partition coefficient (Wildman–Crippen LogP) is 3.02. The molecule has 28 heavy (non-hydrogen) atoms. The molecule has 4 rings (SSSR count). The van der Waals surface area contributed by atoms with Gasteiger partial charge in [-0.3, -0.25) is 0 Å². The van der Waals surface area contributed by atoms with Crippen LogP contribution in [0.3, 0.4) is 0 Å². The van der Waals surface area contributed by atoms with Crippen LogP contribution in [0.1, 0.15) is 18.1 Å². The number of rotatable bonds is 3. The molecule has 2 amide bonds. The number of hydrogen-bond donors (Lipinski definition) is 1. The first-order valence-electron chi connectivity index (χ1n) is 9.88. The van der Waals surface area contributed by atoms with E-state index in [9.17, 15) is 4.79 Å². The molecule has 2 heterocycles. The Kier molecular flexibility index (Phi) is 5.67. The van der Waals surface area contributed by atoms with Gasteiger partial charge in [-0.1, -0.05) is 36.4 Å². The Bertz CT molecular complexity index is 820. The molecule has 0 bridgehead atoms. The molecule has 1 saturated heterocycles. The summed E-state index contributed by atoms with van der Waals surface area (Å²) in [7, 11) is 0. The molecule has 2 aromatic rings. The van der Waals surface area contributed by atoms with Gasteiger partial charge in [-0.15, -0.1) is 0 Å². The van der Waals surface area contributed by atoms with Crippen molar-refractivity contribution in [2.24, 2.45) is 0 Å². The number of urea groups is 1. The van der Waals surface area contributed by atoms with Gasteiger partial charge in [0.1, 0.15) is 11.9 Å². The summed E-state index contributed by atoms with van der Waals surface area (Å²) in [4.78, 5) is 17.0. The second kappa shape index (κ2) is 8.52. The van der Waals surface area contributed by atoms with Gasteiger partial charge in [0.15, 0.2) is 0 Å². The number of nitrogens with zero attached hydrogens (tertiary/aromatic N) is 2. The molecule has 6 heteroatoms. The Morgan fingerprint density at radius 2 is 1.86 bits per heavy atom. The number of anilines is 1. The Morgan fingerprint density at radius 3 is 2.71 bits per heavy atom. The number of amides is 2. The number of hydrogen-bond acceptors (Lipinski definition) is 4. The van der Waals surface area contributed by atoms with Gasteiger partial charge in [0.2, 0.25) is 0 Å². The minimum absolute atomic E-state index is 0.0463. The standard InChI is InChI=1S/C22H27N3O3/c1-17-15-25(16-19-7-3-5-9-21(19)28-17)22(26)23-14-18-6-2-4-8-20(18)24-10-12-27-13-11-24/h2-9,17H,10-16H2,1H3,(H,23,26). The molecule has 0 saturated carbocycles. The summed E-state index contributed by atoms with van der Waals surface area (Å²) in [5.74, 6) is 0.864. The summed E-state index contributed by atoms with van der Waals surface area (Å²) in [5, 5.41) is 3.10. The lowest BCUT2D eigenvalue weighted by Gasteiger charge is -2.31. The van der Waals surface area contributed by atoms with Crippen LogP contribution in [-0.2, 0) is 17.8 Å². The minimum Gasteiger partial charge on any atom is -0.489 e. The van der Waals surface area contributed by atoms with E-state index < -0.39 is 0 Å². The van der Waals surface area contributed by atoms with Crippen molar-refractivity contribution in [3.05, 3.63) is 59.7 Å². The zero-order chi connectivity index (χ0) is 19.3.